The third kappa shape index (κ3) is 8.97. The summed E-state index contributed by atoms with van der Waals surface area (Å²) >= 11 is 6.98. The smallest absolute Gasteiger partial charge is 0.482 e. The second-order valence-corrected chi connectivity index (χ2v) is 11.6. The third-order valence-electron chi connectivity index (χ3n) is 6.64. The molecule has 1 aliphatic heterocycles. The van der Waals surface area contributed by atoms with Gasteiger partial charge in [0.05, 0.1) is 17.1 Å². The highest BCUT2D eigenvalue weighted by Crippen LogP contribution is 2.37. The minimum absolute atomic E-state index is 0.0499. The lowest BCUT2D eigenvalue weighted by Crippen LogP contribution is -2.32. The van der Waals surface area contributed by atoms with Crippen LogP contribution in [0.4, 0.5) is 36.8 Å². The van der Waals surface area contributed by atoms with E-state index in [1.165, 1.54) is 53.5 Å². The van der Waals surface area contributed by atoms with Gasteiger partial charge in [-0.1, -0.05) is 54.6 Å². The van der Waals surface area contributed by atoms with Gasteiger partial charge in [-0.3, -0.25) is 9.69 Å². The normalized spacial score (nSPS) is 15.1. The molecule has 10 nitrogen and oxygen atoms in total. The lowest BCUT2D eigenvalue weighted by Gasteiger charge is -2.20. The number of urea groups is 1. The van der Waals surface area contributed by atoms with Crippen molar-refractivity contribution >= 4 is 46.2 Å². The zero-order valence-corrected chi connectivity index (χ0v) is 26.1. The molecule has 0 spiro atoms. The quantitative estimate of drug-likeness (QED) is 0.180. The first-order valence-corrected chi connectivity index (χ1v) is 15.2. The summed E-state index contributed by atoms with van der Waals surface area (Å²) in [6.45, 7) is 0.424. The average Bonchev–Trinajstić information content (AvgIpc) is 3.65. The number of anilines is 1. The van der Waals surface area contributed by atoms with E-state index >= 15 is 0 Å². The summed E-state index contributed by atoms with van der Waals surface area (Å²) in [4.78, 5) is 34.6. The summed E-state index contributed by atoms with van der Waals surface area (Å²) in [5.41, 5.74) is 1.91. The van der Waals surface area contributed by atoms with Gasteiger partial charge in [-0.05, 0) is 53.9 Å². The molecule has 1 unspecified atom stereocenters. The first-order valence-electron chi connectivity index (χ1n) is 13.8. The van der Waals surface area contributed by atoms with Crippen molar-refractivity contribution in [1.82, 2.24) is 20.1 Å². The minimum Gasteiger partial charge on any atom is -0.482 e. The molecule has 3 aromatic carbocycles. The van der Waals surface area contributed by atoms with Gasteiger partial charge >= 0.3 is 18.6 Å². The number of carbonyl (C=O) groups is 2. The Morgan fingerprint density at radius 1 is 1.06 bits per heavy atom. The number of amidine groups is 1. The Bertz CT molecular complexity index is 1820. The molecule has 48 heavy (non-hydrogen) atoms. The third-order valence-corrected chi connectivity index (χ3v) is 7.80. The fourth-order valence-electron chi connectivity index (χ4n) is 4.39. The van der Waals surface area contributed by atoms with Crippen LogP contribution < -0.4 is 19.7 Å². The number of thioether (sulfide) groups is 1. The van der Waals surface area contributed by atoms with Crippen molar-refractivity contribution in [3.63, 3.8) is 0 Å². The van der Waals surface area contributed by atoms with Crippen molar-refractivity contribution in [3.05, 3.63) is 83.6 Å². The monoisotopic (exact) mass is 712 g/mol. The molecule has 1 N–H and O–H groups in total. The molecule has 0 saturated carbocycles. The van der Waals surface area contributed by atoms with Gasteiger partial charge in [-0.2, -0.15) is 18.2 Å². The van der Waals surface area contributed by atoms with E-state index in [1.807, 2.05) is 19.1 Å². The molecular formula is C30H23ClF6N6O4S. The van der Waals surface area contributed by atoms with Crippen molar-refractivity contribution in [1.29, 1.82) is 0 Å². The van der Waals surface area contributed by atoms with Crippen molar-refractivity contribution in [2.24, 2.45) is 4.99 Å². The van der Waals surface area contributed by atoms with Crippen LogP contribution in [0.2, 0.25) is 5.02 Å². The van der Waals surface area contributed by atoms with E-state index in [2.05, 4.69) is 25.1 Å². The number of nitrogens with one attached hydrogen (secondary N) is 1. The molecule has 1 fully saturated rings. The maximum atomic E-state index is 12.8. The van der Waals surface area contributed by atoms with Crippen LogP contribution in [-0.4, -0.2) is 63.3 Å². The number of aliphatic imine (C=N–C) groups is 1. The van der Waals surface area contributed by atoms with Crippen LogP contribution in [0, 0.1) is 0 Å². The Morgan fingerprint density at radius 3 is 2.44 bits per heavy atom. The molecule has 1 saturated heterocycles. The van der Waals surface area contributed by atoms with Gasteiger partial charge < -0.3 is 14.8 Å². The molecule has 1 aliphatic rings. The number of hydrogen-bond acceptors (Lipinski definition) is 7. The molecule has 0 radical (unpaired) electrons. The number of amides is 3. The van der Waals surface area contributed by atoms with E-state index in [-0.39, 0.29) is 45.6 Å². The predicted molar refractivity (Wildman–Crippen MR) is 166 cm³/mol. The number of alkyl halides is 6. The number of benzene rings is 3. The zero-order chi connectivity index (χ0) is 34.6. The molecule has 0 aliphatic carbocycles. The summed E-state index contributed by atoms with van der Waals surface area (Å²) in [5.74, 6) is -1.06. The molecule has 0 bridgehead atoms. The summed E-state index contributed by atoms with van der Waals surface area (Å²) < 4.78 is 85.8. The van der Waals surface area contributed by atoms with Crippen LogP contribution in [0.1, 0.15) is 18.4 Å². The number of ether oxygens (including phenoxy) is 2. The number of carbonyl (C=O) groups excluding carboxylic acids is 2. The van der Waals surface area contributed by atoms with Gasteiger partial charge in [0.1, 0.15) is 17.8 Å². The van der Waals surface area contributed by atoms with Crippen LogP contribution in [0.15, 0.2) is 78.0 Å². The summed E-state index contributed by atoms with van der Waals surface area (Å²) in [6, 6.07) is 15.3. The maximum absolute atomic E-state index is 12.8. The number of aromatic nitrogens is 3. The fourth-order valence-corrected chi connectivity index (χ4v) is 5.42. The number of halogens is 7. The van der Waals surface area contributed by atoms with Gasteiger partial charge in [0.25, 0.3) is 0 Å². The average molecular weight is 713 g/mol. The van der Waals surface area contributed by atoms with Crippen molar-refractivity contribution in [3.8, 4) is 28.6 Å². The molecule has 1 aromatic heterocycles. The Balaban J connectivity index is 1.20. The molecule has 1 atom stereocenters. The van der Waals surface area contributed by atoms with Crippen molar-refractivity contribution < 1.29 is 45.4 Å². The molecule has 18 heteroatoms. The van der Waals surface area contributed by atoms with Gasteiger partial charge in [-0.25, -0.2) is 14.5 Å². The SMILES string of the molecule is CC(CNC(=O)N=C1SCC(=O)N1c1cc(Cl)ccc1OCC(F)(F)F)c1ccc(-c2ncn(-c3ccc(OC(F)(F)F)cc3)n2)cc1. The van der Waals surface area contributed by atoms with Gasteiger partial charge in [-0.15, -0.1) is 18.3 Å². The van der Waals surface area contributed by atoms with Gasteiger partial charge in [0.15, 0.2) is 17.6 Å². The molecule has 252 valence electrons. The maximum Gasteiger partial charge on any atom is 0.573 e. The Kier molecular flexibility index (Phi) is 10.2. The number of nitrogens with zero attached hydrogens (tertiary/aromatic N) is 5. The Labute approximate surface area is 277 Å². The first-order chi connectivity index (χ1) is 22.6. The molecule has 2 heterocycles. The van der Waals surface area contributed by atoms with E-state index in [0.29, 0.717) is 17.1 Å². The van der Waals surface area contributed by atoms with Crippen LogP contribution in [0.25, 0.3) is 17.1 Å². The summed E-state index contributed by atoms with van der Waals surface area (Å²) in [7, 11) is 0. The second kappa shape index (κ2) is 14.1. The summed E-state index contributed by atoms with van der Waals surface area (Å²) in [5, 5.41) is 7.13. The largest absolute Gasteiger partial charge is 0.573 e. The first kappa shape index (κ1) is 34.6. The minimum atomic E-state index is -4.80. The molecule has 3 amide bonds. The van der Waals surface area contributed by atoms with Crippen LogP contribution in [0.5, 0.6) is 11.5 Å². The standard InChI is InChI=1S/C30H23ClF6N6O4S/c1-17(18-2-4-19(5-3-18)26-39-16-42(41-26)21-7-9-22(10-8-21)47-30(35,36)37)13-38-27(45)40-28-43(25(44)14-48-28)23-12-20(31)6-11-24(23)46-15-29(32,33)34/h2-12,16-17H,13-15H2,1H3,(H,38,45). The lowest BCUT2D eigenvalue weighted by molar-refractivity contribution is -0.274. The van der Waals surface area contributed by atoms with Crippen molar-refractivity contribution in [2.45, 2.75) is 25.4 Å². The topological polar surface area (TPSA) is 111 Å². The van der Waals surface area contributed by atoms with Crippen LogP contribution in [-0.2, 0) is 4.79 Å². The molecular weight excluding hydrogens is 690 g/mol. The molecule has 5 rings (SSSR count). The highest BCUT2D eigenvalue weighted by Gasteiger charge is 2.35. The Hall–Kier alpha value is -4.77. The van der Waals surface area contributed by atoms with Crippen LogP contribution in [0.3, 0.4) is 0 Å². The van der Waals surface area contributed by atoms with E-state index in [9.17, 15) is 35.9 Å². The fraction of sp³-hybridized carbons (Fsp3) is 0.233. The van der Waals surface area contributed by atoms with Crippen LogP contribution >= 0.6 is 23.4 Å². The van der Waals surface area contributed by atoms with Crippen molar-refractivity contribution in [2.75, 3.05) is 23.8 Å². The predicted octanol–water partition coefficient (Wildman–Crippen LogP) is 7.38. The highest BCUT2D eigenvalue weighted by molar-refractivity contribution is 8.15. The van der Waals surface area contributed by atoms with Gasteiger partial charge in [0, 0.05) is 17.1 Å². The lowest BCUT2D eigenvalue weighted by atomic mass is 10.00. The van der Waals surface area contributed by atoms with Gasteiger partial charge in [0.2, 0.25) is 5.91 Å². The highest BCUT2D eigenvalue weighted by atomic mass is 35.5. The number of hydrogen-bond donors (Lipinski definition) is 1. The Morgan fingerprint density at radius 2 is 1.77 bits per heavy atom. The zero-order valence-electron chi connectivity index (χ0n) is 24.5. The number of rotatable bonds is 9. The van der Waals surface area contributed by atoms with E-state index in [4.69, 9.17) is 16.3 Å². The second-order valence-electron chi connectivity index (χ2n) is 10.2. The van der Waals surface area contributed by atoms with E-state index in [1.54, 1.807) is 12.1 Å². The van der Waals surface area contributed by atoms with E-state index < -0.39 is 31.1 Å². The van der Waals surface area contributed by atoms with E-state index in [0.717, 1.165) is 22.2 Å². The molecule has 4 aromatic rings. The summed E-state index contributed by atoms with van der Waals surface area (Å²) in [6.07, 6.45) is -8.00.